The lowest BCUT2D eigenvalue weighted by Gasteiger charge is -2.30. The molecule has 2 fully saturated rings. The summed E-state index contributed by atoms with van der Waals surface area (Å²) in [6, 6.07) is 4.40. The first-order valence-corrected chi connectivity index (χ1v) is 9.54. The normalized spacial score (nSPS) is 23.6. The number of rotatable bonds is 4. The molecule has 31 heavy (non-hydrogen) atoms. The molecule has 2 aliphatic rings. The predicted octanol–water partition coefficient (Wildman–Crippen LogP) is 2.51. The molecular formula is C20H26F4N2O5. The highest BCUT2D eigenvalue weighted by atomic mass is 19.4. The van der Waals surface area contributed by atoms with Crippen LogP contribution in [0.3, 0.4) is 0 Å². The van der Waals surface area contributed by atoms with Crippen molar-refractivity contribution < 1.29 is 41.7 Å². The van der Waals surface area contributed by atoms with Crippen LogP contribution in [-0.2, 0) is 9.53 Å². The Morgan fingerprint density at radius 3 is 2.42 bits per heavy atom. The van der Waals surface area contributed by atoms with Gasteiger partial charge in [-0.3, -0.25) is 4.79 Å². The van der Waals surface area contributed by atoms with Crippen molar-refractivity contribution in [3.05, 3.63) is 29.6 Å². The maximum atomic E-state index is 13.9. The summed E-state index contributed by atoms with van der Waals surface area (Å²) in [7, 11) is 5.25. The minimum absolute atomic E-state index is 0.0887. The Kier molecular flexibility index (Phi) is 7.87. The van der Waals surface area contributed by atoms with Crippen LogP contribution in [0.2, 0.25) is 0 Å². The summed E-state index contributed by atoms with van der Waals surface area (Å²) in [5.41, 5.74) is 0.464. The molecule has 0 saturated carbocycles. The number of amides is 1. The summed E-state index contributed by atoms with van der Waals surface area (Å²) < 4.78 is 55.9. The predicted molar refractivity (Wildman–Crippen MR) is 102 cm³/mol. The van der Waals surface area contributed by atoms with E-state index < -0.39 is 18.0 Å². The second-order valence-electron chi connectivity index (χ2n) is 7.84. The first-order chi connectivity index (χ1) is 14.4. The van der Waals surface area contributed by atoms with Crippen LogP contribution >= 0.6 is 0 Å². The monoisotopic (exact) mass is 450 g/mol. The zero-order chi connectivity index (χ0) is 23.4. The van der Waals surface area contributed by atoms with E-state index in [1.807, 2.05) is 4.90 Å². The van der Waals surface area contributed by atoms with Crippen LogP contribution < -0.4 is 4.74 Å². The summed E-state index contributed by atoms with van der Waals surface area (Å²) in [5.74, 6) is -2.79. The van der Waals surface area contributed by atoms with Gasteiger partial charge in [-0.25, -0.2) is 9.18 Å². The molecule has 0 bridgehead atoms. The van der Waals surface area contributed by atoms with Crippen molar-refractivity contribution in [3.63, 3.8) is 0 Å². The number of hydrogen-bond acceptors (Lipinski definition) is 5. The molecule has 3 rings (SSSR count). The highest BCUT2D eigenvalue weighted by molar-refractivity contribution is 5.94. The number of carbonyl (C=O) groups excluding carboxylic acids is 1. The van der Waals surface area contributed by atoms with Crippen molar-refractivity contribution in [1.29, 1.82) is 0 Å². The molecule has 2 atom stereocenters. The van der Waals surface area contributed by atoms with Crippen molar-refractivity contribution in [2.45, 2.75) is 12.6 Å². The zero-order valence-corrected chi connectivity index (χ0v) is 17.5. The molecule has 1 aromatic rings. The van der Waals surface area contributed by atoms with Gasteiger partial charge in [0.2, 0.25) is 0 Å². The molecule has 0 unspecified atom stereocenters. The zero-order valence-electron chi connectivity index (χ0n) is 17.5. The minimum atomic E-state index is -5.08. The highest BCUT2D eigenvalue weighted by Gasteiger charge is 2.50. The Balaban J connectivity index is 0.000000423. The molecule has 0 aliphatic carbocycles. The van der Waals surface area contributed by atoms with Crippen LogP contribution in [0.5, 0.6) is 5.75 Å². The van der Waals surface area contributed by atoms with Crippen LogP contribution in [0.1, 0.15) is 16.8 Å². The molecule has 174 valence electrons. The van der Waals surface area contributed by atoms with Gasteiger partial charge < -0.3 is 24.4 Å². The van der Waals surface area contributed by atoms with Crippen molar-refractivity contribution in [1.82, 2.24) is 9.80 Å². The largest absolute Gasteiger partial charge is 0.494 e. The average Bonchev–Trinajstić information content (AvgIpc) is 3.24. The second kappa shape index (κ2) is 9.82. The van der Waals surface area contributed by atoms with Crippen LogP contribution in [0.25, 0.3) is 0 Å². The number of benzene rings is 1. The molecule has 2 aliphatic heterocycles. The van der Waals surface area contributed by atoms with E-state index in [1.165, 1.54) is 19.2 Å². The Morgan fingerprint density at radius 2 is 1.90 bits per heavy atom. The average molecular weight is 450 g/mol. The van der Waals surface area contributed by atoms with E-state index in [0.717, 1.165) is 19.5 Å². The molecule has 1 N–H and O–H groups in total. The maximum absolute atomic E-state index is 13.9. The van der Waals surface area contributed by atoms with Gasteiger partial charge in [-0.1, -0.05) is 0 Å². The van der Waals surface area contributed by atoms with Crippen molar-refractivity contribution in [3.8, 4) is 5.75 Å². The summed E-state index contributed by atoms with van der Waals surface area (Å²) in [5, 5.41) is 7.12. The fourth-order valence-electron chi connectivity index (χ4n) is 4.25. The van der Waals surface area contributed by atoms with Crippen LogP contribution in [0.15, 0.2) is 18.2 Å². The Labute approximate surface area is 177 Å². The smallest absolute Gasteiger partial charge is 0.490 e. The van der Waals surface area contributed by atoms with Crippen molar-refractivity contribution in [2.75, 3.05) is 54.1 Å². The number of likely N-dealkylation sites (tertiary alicyclic amines) is 2. The lowest BCUT2D eigenvalue weighted by atomic mass is 9.77. The number of carbonyl (C=O) groups is 2. The molecule has 7 nitrogen and oxygen atoms in total. The third-order valence-electron chi connectivity index (χ3n) is 5.66. The standard InChI is InChI=1S/C18H25FN2O3.C2HF3O2/c1-20-9-14(10-23-2)18(11-20)6-7-21(12-18)17(22)13-4-5-16(24-3)15(19)8-13;3-2(4,5)1(6)7/h4-5,8,14H,6-7,9-12H2,1-3H3;(H,6,7)/t14-,18+;/m0./s1. The van der Waals surface area contributed by atoms with E-state index in [2.05, 4.69) is 11.9 Å². The van der Waals surface area contributed by atoms with E-state index in [1.54, 1.807) is 13.2 Å². The topological polar surface area (TPSA) is 79.3 Å². The van der Waals surface area contributed by atoms with Gasteiger partial charge in [0.25, 0.3) is 5.91 Å². The molecule has 2 saturated heterocycles. The number of methoxy groups -OCH3 is 2. The number of nitrogens with zero attached hydrogens (tertiary/aromatic N) is 2. The van der Waals surface area contributed by atoms with Gasteiger partial charge in [0.15, 0.2) is 11.6 Å². The molecule has 2 heterocycles. The Hall–Kier alpha value is -2.40. The van der Waals surface area contributed by atoms with E-state index in [9.17, 15) is 22.4 Å². The van der Waals surface area contributed by atoms with Crippen molar-refractivity contribution in [2.24, 2.45) is 11.3 Å². The molecule has 1 aromatic carbocycles. The molecule has 1 spiro atoms. The second-order valence-corrected chi connectivity index (χ2v) is 7.84. The molecule has 0 radical (unpaired) electrons. The molecule has 11 heteroatoms. The van der Waals surface area contributed by atoms with E-state index in [0.29, 0.717) is 31.2 Å². The Bertz CT molecular complexity index is 804. The summed E-state index contributed by atoms with van der Waals surface area (Å²) in [4.78, 5) is 25.8. The quantitative estimate of drug-likeness (QED) is 0.711. The van der Waals surface area contributed by atoms with Gasteiger partial charge in [-0.05, 0) is 31.7 Å². The van der Waals surface area contributed by atoms with Gasteiger partial charge in [0.1, 0.15) is 0 Å². The summed E-state index contributed by atoms with van der Waals surface area (Å²) >= 11 is 0. The SMILES string of the molecule is COC[C@@H]1CN(C)C[C@@]12CCN(C(=O)c1ccc(OC)c(F)c1)C2.O=C(O)C(F)(F)F. The lowest BCUT2D eigenvalue weighted by Crippen LogP contribution is -2.38. The number of aliphatic carboxylic acids is 1. The van der Waals surface area contributed by atoms with Crippen LogP contribution in [-0.4, -0.2) is 87.0 Å². The van der Waals surface area contributed by atoms with Crippen LogP contribution in [0.4, 0.5) is 17.6 Å². The number of carboxylic acid groups (broad SMARTS) is 1. The number of ether oxygens (including phenoxy) is 2. The molecule has 0 aromatic heterocycles. The van der Waals surface area contributed by atoms with Gasteiger partial charge >= 0.3 is 12.1 Å². The number of hydrogen-bond donors (Lipinski definition) is 1. The number of carboxylic acids is 1. The van der Waals surface area contributed by atoms with Gasteiger partial charge in [0, 0.05) is 50.2 Å². The number of halogens is 4. The highest BCUT2D eigenvalue weighted by Crippen LogP contribution is 2.43. The van der Waals surface area contributed by atoms with E-state index in [4.69, 9.17) is 19.4 Å². The third-order valence-corrected chi connectivity index (χ3v) is 5.66. The van der Waals surface area contributed by atoms with Gasteiger partial charge in [0.05, 0.1) is 13.7 Å². The van der Waals surface area contributed by atoms with E-state index >= 15 is 0 Å². The lowest BCUT2D eigenvalue weighted by molar-refractivity contribution is -0.192. The Morgan fingerprint density at radius 1 is 1.26 bits per heavy atom. The fourth-order valence-corrected chi connectivity index (χ4v) is 4.25. The fraction of sp³-hybridized carbons (Fsp3) is 0.600. The van der Waals surface area contributed by atoms with Gasteiger partial charge in [-0.15, -0.1) is 0 Å². The van der Waals surface area contributed by atoms with Crippen LogP contribution in [0, 0.1) is 17.2 Å². The number of alkyl halides is 3. The first kappa shape index (κ1) is 24.9. The van der Waals surface area contributed by atoms with Crippen molar-refractivity contribution >= 4 is 11.9 Å². The maximum Gasteiger partial charge on any atom is 0.490 e. The first-order valence-electron chi connectivity index (χ1n) is 9.54. The molecule has 1 amide bonds. The summed E-state index contributed by atoms with van der Waals surface area (Å²) in [6.45, 7) is 4.09. The molecular weight excluding hydrogens is 424 g/mol. The third kappa shape index (κ3) is 5.85. The van der Waals surface area contributed by atoms with E-state index in [-0.39, 0.29) is 17.1 Å². The minimum Gasteiger partial charge on any atom is -0.494 e. The van der Waals surface area contributed by atoms with Gasteiger partial charge in [-0.2, -0.15) is 13.2 Å². The summed E-state index contributed by atoms with van der Waals surface area (Å²) in [6.07, 6.45) is -4.12.